The Morgan fingerprint density at radius 1 is 1.06 bits per heavy atom. The first-order valence-corrected chi connectivity index (χ1v) is 12.4. The second-order valence-electron chi connectivity index (χ2n) is 8.47. The zero-order valence-corrected chi connectivity index (χ0v) is 21.6. The molecular formula is C24H26Br2FN5O. The molecule has 3 N–H and O–H groups in total. The lowest BCUT2D eigenvalue weighted by molar-refractivity contribution is 0.243. The van der Waals surface area contributed by atoms with E-state index in [9.17, 15) is 9.18 Å². The van der Waals surface area contributed by atoms with Crippen molar-refractivity contribution < 1.29 is 9.18 Å². The summed E-state index contributed by atoms with van der Waals surface area (Å²) in [4.78, 5) is 19.3. The van der Waals surface area contributed by atoms with E-state index in [-0.39, 0.29) is 17.8 Å². The van der Waals surface area contributed by atoms with Crippen molar-refractivity contribution in [2.24, 2.45) is 0 Å². The Balaban J connectivity index is 1.34. The number of nitrogens with zero attached hydrogens (tertiary/aromatic N) is 2. The van der Waals surface area contributed by atoms with Gasteiger partial charge in [-0.25, -0.2) is 14.2 Å². The number of urea groups is 1. The molecule has 1 aliphatic rings. The van der Waals surface area contributed by atoms with Crippen molar-refractivity contribution in [3.05, 3.63) is 57.2 Å². The molecular weight excluding hydrogens is 553 g/mol. The van der Waals surface area contributed by atoms with Gasteiger partial charge in [-0.2, -0.15) is 0 Å². The summed E-state index contributed by atoms with van der Waals surface area (Å²) in [5.74, 6) is 0.362. The molecule has 2 aromatic carbocycles. The van der Waals surface area contributed by atoms with Gasteiger partial charge in [0.1, 0.15) is 11.6 Å². The molecule has 1 aromatic heterocycles. The van der Waals surface area contributed by atoms with Crippen LogP contribution in [0, 0.1) is 5.82 Å². The standard InChI is InChI=1S/C24H26Br2FN5O/c1-32(2)21-13-22(30-20-6-4-3-5-17(20)21)28-15-7-9-16(10-8-15)29-24(33)31-23-18(26)11-14(25)12-19(23)27/h3-6,11-13,15-16H,7-10H2,1-2H3,(H,28,30)(H2,29,31,33). The van der Waals surface area contributed by atoms with Crippen molar-refractivity contribution in [3.8, 4) is 0 Å². The number of benzene rings is 2. The van der Waals surface area contributed by atoms with Gasteiger partial charge < -0.3 is 20.9 Å². The third-order valence-electron chi connectivity index (χ3n) is 5.84. The minimum Gasteiger partial charge on any atom is -0.377 e. The summed E-state index contributed by atoms with van der Waals surface area (Å²) in [6.45, 7) is 0. The summed E-state index contributed by atoms with van der Waals surface area (Å²) in [5, 5.41) is 10.3. The first-order chi connectivity index (χ1) is 15.8. The van der Waals surface area contributed by atoms with Crippen LogP contribution in [-0.4, -0.2) is 37.2 Å². The Bertz CT molecular complexity index is 1140. The predicted molar refractivity (Wildman–Crippen MR) is 140 cm³/mol. The third-order valence-corrected chi connectivity index (χ3v) is 6.92. The maximum atomic E-state index is 14.2. The highest BCUT2D eigenvalue weighted by molar-refractivity contribution is 9.11. The van der Waals surface area contributed by atoms with Crippen molar-refractivity contribution in [1.82, 2.24) is 10.3 Å². The van der Waals surface area contributed by atoms with Gasteiger partial charge in [0.2, 0.25) is 0 Å². The zero-order chi connectivity index (χ0) is 23.5. The fourth-order valence-electron chi connectivity index (χ4n) is 4.19. The first-order valence-electron chi connectivity index (χ1n) is 10.9. The smallest absolute Gasteiger partial charge is 0.319 e. The average Bonchev–Trinajstić information content (AvgIpc) is 2.77. The Labute approximate surface area is 209 Å². The van der Waals surface area contributed by atoms with Gasteiger partial charge in [-0.3, -0.25) is 0 Å². The lowest BCUT2D eigenvalue weighted by Crippen LogP contribution is -2.42. The third kappa shape index (κ3) is 5.76. The van der Waals surface area contributed by atoms with Crippen LogP contribution in [0.5, 0.6) is 0 Å². The van der Waals surface area contributed by atoms with Crippen LogP contribution in [0.3, 0.4) is 0 Å². The lowest BCUT2D eigenvalue weighted by Gasteiger charge is -2.30. The fraction of sp³-hybridized carbons (Fsp3) is 0.333. The number of halogens is 3. The molecule has 174 valence electrons. The number of hydrogen-bond donors (Lipinski definition) is 3. The van der Waals surface area contributed by atoms with E-state index in [4.69, 9.17) is 4.98 Å². The molecule has 1 aliphatic carbocycles. The summed E-state index contributed by atoms with van der Waals surface area (Å²) in [7, 11) is 4.07. The molecule has 4 rings (SSSR count). The van der Waals surface area contributed by atoms with Gasteiger partial charge in [0.05, 0.1) is 11.2 Å². The Morgan fingerprint density at radius 3 is 2.45 bits per heavy atom. The van der Waals surface area contributed by atoms with Crippen molar-refractivity contribution in [1.29, 1.82) is 0 Å². The number of aromatic nitrogens is 1. The fourth-order valence-corrected chi connectivity index (χ4v) is 5.46. The van der Waals surface area contributed by atoms with Gasteiger partial charge in [-0.1, -0.05) is 34.1 Å². The van der Waals surface area contributed by atoms with Crippen molar-refractivity contribution in [3.63, 3.8) is 0 Å². The number of amides is 2. The Hall–Kier alpha value is -2.39. The van der Waals surface area contributed by atoms with Crippen LogP contribution in [0.15, 0.2) is 51.4 Å². The normalized spacial score (nSPS) is 18.1. The second kappa shape index (κ2) is 10.3. The van der Waals surface area contributed by atoms with E-state index >= 15 is 0 Å². The number of pyridine rings is 1. The molecule has 0 unspecified atom stereocenters. The van der Waals surface area contributed by atoms with E-state index in [1.54, 1.807) is 6.07 Å². The Morgan fingerprint density at radius 2 is 1.76 bits per heavy atom. The van der Waals surface area contributed by atoms with Gasteiger partial charge in [0, 0.05) is 52.3 Å². The van der Waals surface area contributed by atoms with Crippen molar-refractivity contribution >= 4 is 66.0 Å². The molecule has 1 heterocycles. The number of carbonyl (C=O) groups excluding carboxylic acids is 1. The molecule has 0 spiro atoms. The molecule has 0 saturated heterocycles. The van der Waals surface area contributed by atoms with Crippen LogP contribution in [-0.2, 0) is 0 Å². The summed E-state index contributed by atoms with van der Waals surface area (Å²) >= 11 is 6.52. The van der Waals surface area contributed by atoms with Gasteiger partial charge in [0.25, 0.3) is 0 Å². The van der Waals surface area contributed by atoms with E-state index in [1.807, 2.05) is 32.3 Å². The van der Waals surface area contributed by atoms with Crippen LogP contribution < -0.4 is 20.9 Å². The van der Waals surface area contributed by atoms with Crippen LogP contribution in [0.25, 0.3) is 10.9 Å². The maximum Gasteiger partial charge on any atom is 0.319 e. The molecule has 0 radical (unpaired) electrons. The molecule has 1 saturated carbocycles. The highest BCUT2D eigenvalue weighted by Crippen LogP contribution is 2.31. The number of rotatable bonds is 5. The summed E-state index contributed by atoms with van der Waals surface area (Å²) in [5.41, 5.74) is 2.22. The first kappa shape index (κ1) is 23.8. The molecule has 0 aliphatic heterocycles. The number of carbonyl (C=O) groups is 1. The second-order valence-corrected chi connectivity index (χ2v) is 10.2. The SMILES string of the molecule is CN(C)c1cc(NC2CCC(NC(=O)Nc3c(F)cc(Br)cc3Br)CC2)nc2ccccc12. The van der Waals surface area contributed by atoms with Crippen LogP contribution in [0.2, 0.25) is 0 Å². The van der Waals surface area contributed by atoms with Crippen molar-refractivity contribution in [2.75, 3.05) is 29.6 Å². The number of hydrogen-bond acceptors (Lipinski definition) is 4. The van der Waals surface area contributed by atoms with Crippen molar-refractivity contribution in [2.45, 2.75) is 37.8 Å². The zero-order valence-electron chi connectivity index (χ0n) is 18.5. The van der Waals surface area contributed by atoms with E-state index in [1.165, 1.54) is 6.07 Å². The van der Waals surface area contributed by atoms with Crippen LogP contribution in [0.4, 0.5) is 26.4 Å². The van der Waals surface area contributed by atoms with Gasteiger partial charge in [-0.05, 0) is 59.8 Å². The van der Waals surface area contributed by atoms with Gasteiger partial charge in [0.15, 0.2) is 0 Å². The van der Waals surface area contributed by atoms with E-state index < -0.39 is 11.8 Å². The van der Waals surface area contributed by atoms with Gasteiger partial charge in [-0.15, -0.1) is 0 Å². The minimum atomic E-state index is -0.501. The molecule has 3 aromatic rings. The van der Waals surface area contributed by atoms with Crippen LogP contribution >= 0.6 is 31.9 Å². The Kier molecular flexibility index (Phi) is 7.38. The molecule has 1 fully saturated rings. The van der Waals surface area contributed by atoms with E-state index in [2.05, 4.69) is 64.8 Å². The van der Waals surface area contributed by atoms with Crippen LogP contribution in [0.1, 0.15) is 25.7 Å². The number of nitrogens with one attached hydrogen (secondary N) is 3. The quantitative estimate of drug-likeness (QED) is 0.323. The summed E-state index contributed by atoms with van der Waals surface area (Å²) in [6, 6.07) is 13.2. The van der Waals surface area contributed by atoms with Gasteiger partial charge >= 0.3 is 6.03 Å². The monoisotopic (exact) mass is 577 g/mol. The minimum absolute atomic E-state index is 0.0437. The highest BCUT2D eigenvalue weighted by atomic mass is 79.9. The summed E-state index contributed by atoms with van der Waals surface area (Å²) in [6.07, 6.45) is 3.49. The van der Waals surface area contributed by atoms with E-state index in [0.717, 1.165) is 48.1 Å². The summed E-state index contributed by atoms with van der Waals surface area (Å²) < 4.78 is 15.2. The average molecular weight is 579 g/mol. The lowest BCUT2D eigenvalue weighted by atomic mass is 9.91. The predicted octanol–water partition coefficient (Wildman–Crippen LogP) is 6.51. The molecule has 6 nitrogen and oxygen atoms in total. The maximum absolute atomic E-state index is 14.2. The topological polar surface area (TPSA) is 69.3 Å². The number of para-hydroxylation sites is 1. The molecule has 33 heavy (non-hydrogen) atoms. The number of fused-ring (bicyclic) bond motifs is 1. The van der Waals surface area contributed by atoms with E-state index in [0.29, 0.717) is 8.95 Å². The largest absolute Gasteiger partial charge is 0.377 e. The molecule has 0 atom stereocenters. The molecule has 0 bridgehead atoms. The number of anilines is 3. The molecule has 2 amide bonds. The molecule has 9 heteroatoms. The highest BCUT2D eigenvalue weighted by Gasteiger charge is 2.23.